The number of unbranched alkanes of at least 4 members (excludes halogenated alkanes) is 2. The molecule has 0 aliphatic heterocycles. The average Bonchev–Trinajstić information content (AvgIpc) is 2.15. The number of hydrogen-bond donors (Lipinski definition) is 3. The summed E-state index contributed by atoms with van der Waals surface area (Å²) in [5.41, 5.74) is 0. The minimum absolute atomic E-state index is 0.213. The molecule has 0 unspecified atom stereocenters. The topological polar surface area (TPSA) is 58.2 Å². The van der Waals surface area contributed by atoms with E-state index in [0.29, 0.717) is 18.7 Å². The van der Waals surface area contributed by atoms with Crippen LogP contribution in [0.5, 0.6) is 0 Å². The van der Waals surface area contributed by atoms with Crippen LogP contribution < -0.4 is 10.6 Å². The van der Waals surface area contributed by atoms with Crippen molar-refractivity contribution >= 4 is 24.6 Å². The molecule has 0 heterocycles. The van der Waals surface area contributed by atoms with E-state index in [1.165, 1.54) is 0 Å². The Morgan fingerprint density at radius 3 is 2.57 bits per heavy atom. The Labute approximate surface area is 90.2 Å². The minimum Gasteiger partial charge on any atom is -0.337 e. The maximum atomic E-state index is 11.1. The Kier molecular flexibility index (Phi) is 8.42. The zero-order valence-electron chi connectivity index (χ0n) is 8.51. The lowest BCUT2D eigenvalue weighted by Gasteiger charge is -2.04. The van der Waals surface area contributed by atoms with E-state index in [9.17, 15) is 9.59 Å². The normalized spacial score (nSPS) is 9.57. The van der Waals surface area contributed by atoms with Crippen LogP contribution in [-0.2, 0) is 4.79 Å². The number of rotatable bonds is 6. The minimum atomic E-state index is -0.430. The molecule has 0 saturated heterocycles. The van der Waals surface area contributed by atoms with Crippen LogP contribution in [0.1, 0.15) is 32.6 Å². The molecule has 0 saturated carbocycles. The van der Waals surface area contributed by atoms with E-state index in [0.717, 1.165) is 19.3 Å². The summed E-state index contributed by atoms with van der Waals surface area (Å²) in [7, 11) is 0. The molecule has 5 heteroatoms. The molecule has 82 valence electrons. The molecule has 0 aliphatic rings. The molecular formula is C9H18N2O2S. The number of urea groups is 1. The van der Waals surface area contributed by atoms with Crippen molar-refractivity contribution in [3.05, 3.63) is 0 Å². The van der Waals surface area contributed by atoms with Gasteiger partial charge in [-0.3, -0.25) is 10.1 Å². The molecule has 0 rings (SSSR count). The Balaban J connectivity index is 3.45. The number of carbonyl (C=O) groups excluding carboxylic acids is 2. The van der Waals surface area contributed by atoms with Gasteiger partial charge in [-0.05, 0) is 6.42 Å². The maximum Gasteiger partial charge on any atom is 0.321 e. The SMILES string of the molecule is CCCCCC(=O)NC(=O)NCCS. The second kappa shape index (κ2) is 8.87. The Morgan fingerprint density at radius 1 is 1.29 bits per heavy atom. The van der Waals surface area contributed by atoms with E-state index in [1.807, 2.05) is 0 Å². The van der Waals surface area contributed by atoms with Crippen LogP contribution >= 0.6 is 12.6 Å². The molecule has 14 heavy (non-hydrogen) atoms. The predicted molar refractivity (Wildman–Crippen MR) is 59.5 cm³/mol. The number of hydrogen-bond acceptors (Lipinski definition) is 3. The highest BCUT2D eigenvalue weighted by molar-refractivity contribution is 7.80. The molecule has 0 spiro atoms. The summed E-state index contributed by atoms with van der Waals surface area (Å²) in [5, 5.41) is 4.76. The Hall–Kier alpha value is -0.710. The van der Waals surface area contributed by atoms with E-state index in [1.54, 1.807) is 0 Å². The second-order valence-electron chi connectivity index (χ2n) is 2.98. The standard InChI is InChI=1S/C9H18N2O2S/c1-2-3-4-5-8(12)11-9(13)10-6-7-14/h14H,2-7H2,1H3,(H2,10,11,12,13). The summed E-state index contributed by atoms with van der Waals surface area (Å²) >= 11 is 3.93. The van der Waals surface area contributed by atoms with Gasteiger partial charge in [-0.2, -0.15) is 12.6 Å². The highest BCUT2D eigenvalue weighted by atomic mass is 32.1. The largest absolute Gasteiger partial charge is 0.337 e. The van der Waals surface area contributed by atoms with Gasteiger partial charge in [0.2, 0.25) is 5.91 Å². The monoisotopic (exact) mass is 218 g/mol. The lowest BCUT2D eigenvalue weighted by molar-refractivity contribution is -0.120. The Morgan fingerprint density at radius 2 is 2.00 bits per heavy atom. The molecule has 0 aromatic rings. The van der Waals surface area contributed by atoms with Crippen molar-refractivity contribution in [2.45, 2.75) is 32.6 Å². The molecule has 0 radical (unpaired) electrons. The lowest BCUT2D eigenvalue weighted by atomic mass is 10.2. The molecule has 0 atom stereocenters. The van der Waals surface area contributed by atoms with Gasteiger partial charge in [-0.25, -0.2) is 4.79 Å². The van der Waals surface area contributed by atoms with Crippen LogP contribution in [0.4, 0.5) is 4.79 Å². The quantitative estimate of drug-likeness (QED) is 0.465. The van der Waals surface area contributed by atoms with Gasteiger partial charge < -0.3 is 5.32 Å². The van der Waals surface area contributed by atoms with E-state index < -0.39 is 6.03 Å². The van der Waals surface area contributed by atoms with Gasteiger partial charge in [0.1, 0.15) is 0 Å². The smallest absolute Gasteiger partial charge is 0.321 e. The average molecular weight is 218 g/mol. The number of thiol groups is 1. The van der Waals surface area contributed by atoms with Crippen LogP contribution in [0.15, 0.2) is 0 Å². The fraction of sp³-hybridized carbons (Fsp3) is 0.778. The van der Waals surface area contributed by atoms with E-state index in [4.69, 9.17) is 0 Å². The Bertz CT molecular complexity index is 186. The van der Waals surface area contributed by atoms with Crippen molar-refractivity contribution in [3.63, 3.8) is 0 Å². The van der Waals surface area contributed by atoms with Crippen LogP contribution in [0.25, 0.3) is 0 Å². The summed E-state index contributed by atoms with van der Waals surface area (Å²) in [6.07, 6.45) is 3.34. The number of amides is 3. The fourth-order valence-electron chi connectivity index (χ4n) is 0.938. The van der Waals surface area contributed by atoms with E-state index in [2.05, 4.69) is 30.2 Å². The van der Waals surface area contributed by atoms with Crippen LogP contribution in [0.3, 0.4) is 0 Å². The number of carbonyl (C=O) groups is 2. The van der Waals surface area contributed by atoms with Crippen molar-refractivity contribution in [1.29, 1.82) is 0 Å². The number of nitrogens with one attached hydrogen (secondary N) is 2. The summed E-state index contributed by atoms with van der Waals surface area (Å²) in [4.78, 5) is 22.1. The van der Waals surface area contributed by atoms with Crippen molar-refractivity contribution in [2.75, 3.05) is 12.3 Å². The van der Waals surface area contributed by atoms with Crippen LogP contribution in [-0.4, -0.2) is 24.2 Å². The third kappa shape index (κ3) is 7.91. The van der Waals surface area contributed by atoms with Gasteiger partial charge in [0.25, 0.3) is 0 Å². The molecule has 0 aromatic heterocycles. The summed E-state index contributed by atoms with van der Waals surface area (Å²) < 4.78 is 0. The number of imide groups is 1. The third-order valence-corrected chi connectivity index (χ3v) is 1.88. The van der Waals surface area contributed by atoms with Gasteiger partial charge in [-0.1, -0.05) is 19.8 Å². The second-order valence-corrected chi connectivity index (χ2v) is 3.43. The van der Waals surface area contributed by atoms with Crippen LogP contribution in [0, 0.1) is 0 Å². The van der Waals surface area contributed by atoms with Crippen LogP contribution in [0.2, 0.25) is 0 Å². The molecule has 0 aliphatic carbocycles. The summed E-state index contributed by atoms with van der Waals surface area (Å²) in [5.74, 6) is 0.354. The van der Waals surface area contributed by atoms with Gasteiger partial charge in [0.15, 0.2) is 0 Å². The highest BCUT2D eigenvalue weighted by Gasteiger charge is 2.05. The fourth-order valence-corrected chi connectivity index (χ4v) is 1.05. The first-order chi connectivity index (χ1) is 6.70. The van der Waals surface area contributed by atoms with Crippen molar-refractivity contribution in [1.82, 2.24) is 10.6 Å². The lowest BCUT2D eigenvalue weighted by Crippen LogP contribution is -2.40. The maximum absolute atomic E-state index is 11.1. The van der Waals surface area contributed by atoms with Crippen molar-refractivity contribution in [2.24, 2.45) is 0 Å². The summed E-state index contributed by atoms with van der Waals surface area (Å²) in [6, 6.07) is -0.430. The third-order valence-electron chi connectivity index (χ3n) is 1.66. The molecule has 3 amide bonds. The first-order valence-corrected chi connectivity index (χ1v) is 5.52. The van der Waals surface area contributed by atoms with Gasteiger partial charge in [0, 0.05) is 18.7 Å². The van der Waals surface area contributed by atoms with Crippen molar-refractivity contribution in [3.8, 4) is 0 Å². The first kappa shape index (κ1) is 13.3. The van der Waals surface area contributed by atoms with Gasteiger partial charge in [-0.15, -0.1) is 0 Å². The van der Waals surface area contributed by atoms with Gasteiger partial charge >= 0.3 is 6.03 Å². The van der Waals surface area contributed by atoms with Crippen molar-refractivity contribution < 1.29 is 9.59 Å². The molecule has 0 fully saturated rings. The van der Waals surface area contributed by atoms with Gasteiger partial charge in [0.05, 0.1) is 0 Å². The predicted octanol–water partition coefficient (Wildman–Crippen LogP) is 1.32. The van der Waals surface area contributed by atoms with E-state index >= 15 is 0 Å². The highest BCUT2D eigenvalue weighted by Crippen LogP contribution is 1.97. The van der Waals surface area contributed by atoms with E-state index in [-0.39, 0.29) is 5.91 Å². The molecule has 0 aromatic carbocycles. The molecule has 4 nitrogen and oxygen atoms in total. The summed E-state index contributed by atoms with van der Waals surface area (Å²) in [6.45, 7) is 2.54. The zero-order chi connectivity index (χ0) is 10.8. The zero-order valence-corrected chi connectivity index (χ0v) is 9.40. The molecule has 0 bridgehead atoms. The molecule has 2 N–H and O–H groups in total. The molecular weight excluding hydrogens is 200 g/mol. The first-order valence-electron chi connectivity index (χ1n) is 4.89.